The highest BCUT2D eigenvalue weighted by molar-refractivity contribution is 7.09. The van der Waals surface area contributed by atoms with Crippen molar-refractivity contribution in [2.75, 3.05) is 18.5 Å². The van der Waals surface area contributed by atoms with E-state index in [1.807, 2.05) is 31.2 Å². The van der Waals surface area contributed by atoms with Crippen molar-refractivity contribution in [3.63, 3.8) is 0 Å². The van der Waals surface area contributed by atoms with Crippen LogP contribution in [0.25, 0.3) is 10.9 Å². The first-order valence-corrected chi connectivity index (χ1v) is 7.65. The molecule has 0 aliphatic carbocycles. The van der Waals surface area contributed by atoms with Crippen LogP contribution in [0.3, 0.4) is 0 Å². The predicted molar refractivity (Wildman–Crippen MR) is 85.2 cm³/mol. The lowest BCUT2D eigenvalue weighted by atomic mass is 10.2. The van der Waals surface area contributed by atoms with E-state index in [1.54, 1.807) is 5.38 Å². The van der Waals surface area contributed by atoms with Gasteiger partial charge < -0.3 is 10.1 Å². The van der Waals surface area contributed by atoms with Gasteiger partial charge in [0.05, 0.1) is 17.1 Å². The molecule has 0 saturated carbocycles. The molecule has 0 bridgehead atoms. The second-order valence-corrected chi connectivity index (χ2v) is 5.62. The highest BCUT2D eigenvalue weighted by Crippen LogP contribution is 2.17. The van der Waals surface area contributed by atoms with Crippen molar-refractivity contribution in [1.82, 2.24) is 15.0 Å². The summed E-state index contributed by atoms with van der Waals surface area (Å²) in [5.74, 6) is 0.324. The summed E-state index contributed by atoms with van der Waals surface area (Å²) in [6.45, 7) is 2.56. The summed E-state index contributed by atoms with van der Waals surface area (Å²) in [5.41, 5.74) is 1.23. The van der Waals surface area contributed by atoms with Crippen LogP contribution in [0.5, 0.6) is 0 Å². The van der Waals surface area contributed by atoms with E-state index in [4.69, 9.17) is 4.74 Å². The SMILES string of the molecule is Cc1nc(C(=O)OCCNc2ncnc3ccccc23)cs1. The van der Waals surface area contributed by atoms with Gasteiger partial charge >= 0.3 is 5.97 Å². The second kappa shape index (κ2) is 6.48. The number of rotatable bonds is 5. The number of fused-ring (bicyclic) bond motifs is 1. The zero-order valence-corrected chi connectivity index (χ0v) is 12.8. The maximum absolute atomic E-state index is 11.8. The van der Waals surface area contributed by atoms with Crippen LogP contribution in [0.15, 0.2) is 36.0 Å². The van der Waals surface area contributed by atoms with Gasteiger partial charge in [0, 0.05) is 10.8 Å². The van der Waals surface area contributed by atoms with Gasteiger partial charge in [-0.2, -0.15) is 0 Å². The van der Waals surface area contributed by atoms with Crippen molar-refractivity contribution in [2.24, 2.45) is 0 Å². The van der Waals surface area contributed by atoms with Gasteiger partial charge in [0.15, 0.2) is 5.69 Å². The third-order valence-corrected chi connectivity index (χ3v) is 3.77. The molecule has 6 nitrogen and oxygen atoms in total. The fourth-order valence-corrected chi connectivity index (χ4v) is 2.57. The maximum atomic E-state index is 11.8. The predicted octanol–water partition coefficient (Wildman–Crippen LogP) is 2.66. The molecule has 7 heteroatoms. The van der Waals surface area contributed by atoms with Crippen molar-refractivity contribution < 1.29 is 9.53 Å². The van der Waals surface area contributed by atoms with E-state index in [9.17, 15) is 4.79 Å². The Morgan fingerprint density at radius 3 is 3.00 bits per heavy atom. The molecule has 0 radical (unpaired) electrons. The number of aryl methyl sites for hydroxylation is 1. The average molecular weight is 314 g/mol. The molecule has 2 aromatic heterocycles. The van der Waals surface area contributed by atoms with E-state index in [0.717, 1.165) is 21.7 Å². The Morgan fingerprint density at radius 2 is 2.18 bits per heavy atom. The molecule has 112 valence electrons. The lowest BCUT2D eigenvalue weighted by Crippen LogP contribution is -2.15. The number of benzene rings is 1. The van der Waals surface area contributed by atoms with Gasteiger partial charge in [-0.3, -0.25) is 0 Å². The molecule has 0 atom stereocenters. The molecule has 0 spiro atoms. The summed E-state index contributed by atoms with van der Waals surface area (Å²) in [5, 5.41) is 6.63. The van der Waals surface area contributed by atoms with Crippen LogP contribution in [0.2, 0.25) is 0 Å². The summed E-state index contributed by atoms with van der Waals surface area (Å²) in [6.07, 6.45) is 1.51. The molecule has 0 aliphatic heterocycles. The molecule has 0 saturated heterocycles. The standard InChI is InChI=1S/C15H14N4O2S/c1-10-19-13(8-22-10)15(20)21-7-6-16-14-11-4-2-3-5-12(11)17-9-18-14/h2-5,8-9H,6-7H2,1H3,(H,16,17,18). The Kier molecular flexibility index (Phi) is 4.24. The number of hydrogen-bond acceptors (Lipinski definition) is 7. The number of thiazole rings is 1. The minimum atomic E-state index is -0.404. The number of anilines is 1. The van der Waals surface area contributed by atoms with Crippen LogP contribution in [-0.4, -0.2) is 34.1 Å². The van der Waals surface area contributed by atoms with Crippen LogP contribution in [0.4, 0.5) is 5.82 Å². The number of carbonyl (C=O) groups excluding carboxylic acids is 1. The minimum absolute atomic E-state index is 0.244. The van der Waals surface area contributed by atoms with Crippen LogP contribution in [-0.2, 0) is 4.74 Å². The van der Waals surface area contributed by atoms with Crippen molar-refractivity contribution >= 4 is 34.0 Å². The van der Waals surface area contributed by atoms with E-state index < -0.39 is 5.97 Å². The van der Waals surface area contributed by atoms with Crippen molar-refractivity contribution in [3.05, 3.63) is 46.7 Å². The van der Waals surface area contributed by atoms with Crippen LogP contribution in [0.1, 0.15) is 15.5 Å². The fraction of sp³-hybridized carbons (Fsp3) is 0.200. The third kappa shape index (κ3) is 3.20. The number of nitrogens with zero attached hydrogens (tertiary/aromatic N) is 3. The van der Waals surface area contributed by atoms with E-state index in [2.05, 4.69) is 20.3 Å². The normalized spacial score (nSPS) is 10.6. The summed E-state index contributed by atoms with van der Waals surface area (Å²) < 4.78 is 5.17. The summed E-state index contributed by atoms with van der Waals surface area (Å²) in [6, 6.07) is 7.73. The molecule has 3 rings (SSSR count). The summed E-state index contributed by atoms with van der Waals surface area (Å²) in [4.78, 5) is 24.3. The highest BCUT2D eigenvalue weighted by atomic mass is 32.1. The Morgan fingerprint density at radius 1 is 1.32 bits per heavy atom. The molecular formula is C15H14N4O2S. The number of ether oxygens (including phenoxy) is 1. The molecule has 0 unspecified atom stereocenters. The van der Waals surface area contributed by atoms with E-state index >= 15 is 0 Å². The minimum Gasteiger partial charge on any atom is -0.459 e. The first-order valence-electron chi connectivity index (χ1n) is 6.77. The van der Waals surface area contributed by atoms with Gasteiger partial charge in [-0.05, 0) is 19.1 Å². The molecule has 2 heterocycles. The highest BCUT2D eigenvalue weighted by Gasteiger charge is 2.10. The van der Waals surface area contributed by atoms with Gasteiger partial charge in [0.1, 0.15) is 18.8 Å². The third-order valence-electron chi connectivity index (χ3n) is 3.00. The number of para-hydroxylation sites is 1. The first-order chi connectivity index (χ1) is 10.7. The maximum Gasteiger partial charge on any atom is 0.357 e. The summed E-state index contributed by atoms with van der Waals surface area (Å²) in [7, 11) is 0. The van der Waals surface area contributed by atoms with Crippen molar-refractivity contribution in [1.29, 1.82) is 0 Å². The first kappa shape index (κ1) is 14.4. The van der Waals surface area contributed by atoms with Gasteiger partial charge in [-0.15, -0.1) is 11.3 Å². The molecule has 0 fully saturated rings. The van der Waals surface area contributed by atoms with Crippen molar-refractivity contribution in [3.8, 4) is 0 Å². The fourth-order valence-electron chi connectivity index (χ4n) is 1.99. The smallest absolute Gasteiger partial charge is 0.357 e. The zero-order valence-electron chi connectivity index (χ0n) is 11.9. The van der Waals surface area contributed by atoms with E-state index in [1.165, 1.54) is 17.7 Å². The van der Waals surface area contributed by atoms with Crippen molar-refractivity contribution in [2.45, 2.75) is 6.92 Å². The monoisotopic (exact) mass is 314 g/mol. The quantitative estimate of drug-likeness (QED) is 0.576. The van der Waals surface area contributed by atoms with E-state index in [0.29, 0.717) is 12.2 Å². The van der Waals surface area contributed by atoms with Gasteiger partial charge in [0.25, 0.3) is 0 Å². The lowest BCUT2D eigenvalue weighted by molar-refractivity contribution is 0.0514. The van der Waals surface area contributed by atoms with Gasteiger partial charge in [-0.1, -0.05) is 12.1 Å². The Balaban J connectivity index is 1.55. The summed E-state index contributed by atoms with van der Waals surface area (Å²) >= 11 is 1.43. The number of carbonyl (C=O) groups is 1. The molecular weight excluding hydrogens is 300 g/mol. The zero-order chi connectivity index (χ0) is 15.4. The van der Waals surface area contributed by atoms with Crippen LogP contribution >= 0.6 is 11.3 Å². The number of esters is 1. The van der Waals surface area contributed by atoms with Crippen LogP contribution in [0, 0.1) is 6.92 Å². The Labute approximate surface area is 131 Å². The second-order valence-electron chi connectivity index (χ2n) is 4.55. The lowest BCUT2D eigenvalue weighted by Gasteiger charge is -2.08. The molecule has 1 N–H and O–H groups in total. The molecule has 22 heavy (non-hydrogen) atoms. The van der Waals surface area contributed by atoms with Crippen LogP contribution < -0.4 is 5.32 Å². The van der Waals surface area contributed by atoms with E-state index in [-0.39, 0.29) is 6.61 Å². The molecule has 0 amide bonds. The Bertz CT molecular complexity index is 798. The topological polar surface area (TPSA) is 77.0 Å². The number of hydrogen-bond donors (Lipinski definition) is 1. The molecule has 1 aromatic carbocycles. The number of aromatic nitrogens is 3. The Hall–Kier alpha value is -2.54. The molecule has 3 aromatic rings. The largest absolute Gasteiger partial charge is 0.459 e. The van der Waals surface area contributed by atoms with Gasteiger partial charge in [0.2, 0.25) is 0 Å². The molecule has 0 aliphatic rings. The number of nitrogens with one attached hydrogen (secondary N) is 1. The van der Waals surface area contributed by atoms with Gasteiger partial charge in [-0.25, -0.2) is 19.7 Å². The average Bonchev–Trinajstić information content (AvgIpc) is 2.98.